The van der Waals surface area contributed by atoms with Crippen molar-refractivity contribution >= 4 is 21.6 Å². The zero-order valence-corrected chi connectivity index (χ0v) is 14.7. The normalized spacial score (nSPS) is 17.1. The lowest BCUT2D eigenvalue weighted by atomic mass is 9.83. The summed E-state index contributed by atoms with van der Waals surface area (Å²) in [5, 5.41) is 7.73. The van der Waals surface area contributed by atoms with Crippen LogP contribution >= 0.6 is 15.9 Å². The minimum absolute atomic E-state index is 0.0366. The van der Waals surface area contributed by atoms with Gasteiger partial charge in [0.25, 0.3) is 5.56 Å². The molecule has 0 unspecified atom stereocenters. The molecule has 118 valence electrons. The molecule has 1 aromatic heterocycles. The first-order valence-corrected chi connectivity index (χ1v) is 8.90. The van der Waals surface area contributed by atoms with E-state index in [1.54, 1.807) is 10.9 Å². The molecule has 4 nitrogen and oxygen atoms in total. The lowest BCUT2D eigenvalue weighted by Gasteiger charge is -2.28. The summed E-state index contributed by atoms with van der Waals surface area (Å²) in [6.07, 6.45) is 10.2. The van der Waals surface area contributed by atoms with Crippen molar-refractivity contribution in [1.82, 2.24) is 9.78 Å². The fourth-order valence-electron chi connectivity index (χ4n) is 3.12. The standard InChI is InChI=1S/C16H26BrN3O/c1-3-5-10-20-15(21)14(17)13(11-19-20)18-12-16(4-2)8-6-7-9-16/h11,18H,3-10,12H2,1-2H3. The third kappa shape index (κ3) is 3.87. The molecule has 0 bridgehead atoms. The number of rotatable bonds is 7. The second-order valence-corrected chi connectivity index (χ2v) is 6.96. The van der Waals surface area contributed by atoms with E-state index in [1.165, 1.54) is 32.1 Å². The van der Waals surface area contributed by atoms with Crippen LogP contribution in [-0.2, 0) is 6.54 Å². The second-order valence-electron chi connectivity index (χ2n) is 6.17. The molecule has 0 spiro atoms. The lowest BCUT2D eigenvalue weighted by molar-refractivity contribution is 0.306. The van der Waals surface area contributed by atoms with Gasteiger partial charge in [-0.25, -0.2) is 4.68 Å². The number of unbranched alkanes of at least 4 members (excludes halogenated alkanes) is 1. The Balaban J connectivity index is 2.07. The van der Waals surface area contributed by atoms with Crippen molar-refractivity contribution < 1.29 is 0 Å². The van der Waals surface area contributed by atoms with Gasteiger partial charge < -0.3 is 5.32 Å². The van der Waals surface area contributed by atoms with E-state index in [1.807, 2.05) is 0 Å². The molecule has 1 aromatic rings. The maximum Gasteiger partial charge on any atom is 0.283 e. The Labute approximate surface area is 135 Å². The molecule has 1 heterocycles. The number of aryl methyl sites for hydroxylation is 1. The first-order valence-electron chi connectivity index (χ1n) is 8.11. The van der Waals surface area contributed by atoms with E-state index in [9.17, 15) is 4.79 Å². The number of hydrogen-bond donors (Lipinski definition) is 1. The van der Waals surface area contributed by atoms with Crippen LogP contribution in [0, 0.1) is 5.41 Å². The van der Waals surface area contributed by atoms with Crippen molar-refractivity contribution in [2.75, 3.05) is 11.9 Å². The van der Waals surface area contributed by atoms with E-state index in [4.69, 9.17) is 0 Å². The molecule has 0 aliphatic heterocycles. The van der Waals surface area contributed by atoms with Crippen LogP contribution in [0.3, 0.4) is 0 Å². The lowest BCUT2D eigenvalue weighted by Crippen LogP contribution is -2.28. The number of halogens is 1. The van der Waals surface area contributed by atoms with E-state index in [0.717, 1.165) is 25.1 Å². The van der Waals surface area contributed by atoms with E-state index in [-0.39, 0.29) is 5.56 Å². The first kappa shape index (κ1) is 16.5. The van der Waals surface area contributed by atoms with Crippen LogP contribution in [0.25, 0.3) is 0 Å². The van der Waals surface area contributed by atoms with Gasteiger partial charge in [-0.1, -0.05) is 33.1 Å². The van der Waals surface area contributed by atoms with Gasteiger partial charge in [-0.05, 0) is 47.0 Å². The molecular formula is C16H26BrN3O. The van der Waals surface area contributed by atoms with E-state index >= 15 is 0 Å². The Hall–Kier alpha value is -0.840. The first-order chi connectivity index (χ1) is 10.1. The average molecular weight is 356 g/mol. The van der Waals surface area contributed by atoms with Gasteiger partial charge in [-0.3, -0.25) is 4.79 Å². The molecule has 1 fully saturated rings. The third-order valence-corrected chi connectivity index (χ3v) is 5.54. The molecule has 21 heavy (non-hydrogen) atoms. The molecule has 0 amide bonds. The van der Waals surface area contributed by atoms with Crippen LogP contribution in [0.4, 0.5) is 5.69 Å². The minimum atomic E-state index is -0.0366. The number of hydrogen-bond acceptors (Lipinski definition) is 3. The molecule has 2 rings (SSSR count). The van der Waals surface area contributed by atoms with Crippen LogP contribution < -0.4 is 10.9 Å². The molecule has 0 radical (unpaired) electrons. The summed E-state index contributed by atoms with van der Waals surface area (Å²) in [5.41, 5.74) is 1.19. The van der Waals surface area contributed by atoms with Crippen molar-refractivity contribution in [3.8, 4) is 0 Å². The van der Waals surface area contributed by atoms with Crippen LogP contribution in [0.1, 0.15) is 58.8 Å². The molecule has 1 aliphatic carbocycles. The zero-order chi connectivity index (χ0) is 15.3. The minimum Gasteiger partial charge on any atom is -0.382 e. The summed E-state index contributed by atoms with van der Waals surface area (Å²) < 4.78 is 2.15. The summed E-state index contributed by atoms with van der Waals surface area (Å²) in [5.74, 6) is 0. The van der Waals surface area contributed by atoms with Crippen molar-refractivity contribution in [2.24, 2.45) is 5.41 Å². The van der Waals surface area contributed by atoms with E-state index in [2.05, 4.69) is 40.2 Å². The summed E-state index contributed by atoms with van der Waals surface area (Å²) in [4.78, 5) is 12.3. The smallest absolute Gasteiger partial charge is 0.283 e. The van der Waals surface area contributed by atoms with Crippen molar-refractivity contribution in [2.45, 2.75) is 65.3 Å². The average Bonchev–Trinajstić information content (AvgIpc) is 2.97. The number of anilines is 1. The van der Waals surface area contributed by atoms with Gasteiger partial charge >= 0.3 is 0 Å². The molecule has 1 saturated carbocycles. The highest BCUT2D eigenvalue weighted by Crippen LogP contribution is 2.41. The van der Waals surface area contributed by atoms with E-state index < -0.39 is 0 Å². The van der Waals surface area contributed by atoms with Gasteiger partial charge in [-0.15, -0.1) is 0 Å². The summed E-state index contributed by atoms with van der Waals surface area (Å²) in [6, 6.07) is 0. The Morgan fingerprint density at radius 2 is 2.10 bits per heavy atom. The summed E-state index contributed by atoms with van der Waals surface area (Å²) in [7, 11) is 0. The number of aromatic nitrogens is 2. The second kappa shape index (κ2) is 7.43. The summed E-state index contributed by atoms with van der Waals surface area (Å²) in [6.45, 7) is 6.00. The maximum absolute atomic E-state index is 12.3. The molecule has 5 heteroatoms. The zero-order valence-electron chi connectivity index (χ0n) is 13.1. The Bertz CT molecular complexity index is 521. The fraction of sp³-hybridized carbons (Fsp3) is 0.750. The highest BCUT2D eigenvalue weighted by molar-refractivity contribution is 9.10. The SMILES string of the molecule is CCCCn1ncc(NCC2(CC)CCCC2)c(Br)c1=O. The van der Waals surface area contributed by atoms with Gasteiger partial charge in [0.1, 0.15) is 4.47 Å². The molecule has 0 atom stereocenters. The quantitative estimate of drug-likeness (QED) is 0.797. The van der Waals surface area contributed by atoms with Gasteiger partial charge in [0.2, 0.25) is 0 Å². The topological polar surface area (TPSA) is 46.9 Å². The maximum atomic E-state index is 12.3. The Morgan fingerprint density at radius 3 is 2.71 bits per heavy atom. The number of nitrogens with zero attached hydrogens (tertiary/aromatic N) is 2. The van der Waals surface area contributed by atoms with Crippen LogP contribution in [0.5, 0.6) is 0 Å². The Morgan fingerprint density at radius 1 is 1.38 bits per heavy atom. The highest BCUT2D eigenvalue weighted by atomic mass is 79.9. The van der Waals surface area contributed by atoms with Gasteiger partial charge in [0.05, 0.1) is 11.9 Å². The number of nitrogens with one attached hydrogen (secondary N) is 1. The van der Waals surface area contributed by atoms with E-state index in [0.29, 0.717) is 16.4 Å². The summed E-state index contributed by atoms with van der Waals surface area (Å²) >= 11 is 3.44. The predicted molar refractivity (Wildman–Crippen MR) is 90.8 cm³/mol. The van der Waals surface area contributed by atoms with Crippen LogP contribution in [0.15, 0.2) is 15.5 Å². The van der Waals surface area contributed by atoms with Crippen LogP contribution in [-0.4, -0.2) is 16.3 Å². The molecule has 1 N–H and O–H groups in total. The van der Waals surface area contributed by atoms with Crippen molar-refractivity contribution in [1.29, 1.82) is 0 Å². The molecule has 0 aromatic carbocycles. The monoisotopic (exact) mass is 355 g/mol. The highest BCUT2D eigenvalue weighted by Gasteiger charge is 2.31. The van der Waals surface area contributed by atoms with Gasteiger partial charge in [-0.2, -0.15) is 5.10 Å². The molecule has 1 aliphatic rings. The molecular weight excluding hydrogens is 330 g/mol. The third-order valence-electron chi connectivity index (χ3n) is 4.78. The van der Waals surface area contributed by atoms with Crippen LogP contribution in [0.2, 0.25) is 0 Å². The largest absolute Gasteiger partial charge is 0.382 e. The van der Waals surface area contributed by atoms with Crippen molar-refractivity contribution in [3.05, 3.63) is 21.0 Å². The fourth-order valence-corrected chi connectivity index (χ4v) is 3.57. The van der Waals surface area contributed by atoms with Crippen molar-refractivity contribution in [3.63, 3.8) is 0 Å². The van der Waals surface area contributed by atoms with Gasteiger partial charge in [0, 0.05) is 13.1 Å². The van der Waals surface area contributed by atoms with Gasteiger partial charge in [0.15, 0.2) is 0 Å². The molecule has 0 saturated heterocycles. The predicted octanol–water partition coefficient (Wildman–Crippen LogP) is 4.19. The Kier molecular flexibility index (Phi) is 5.85.